The first-order valence-corrected chi connectivity index (χ1v) is 4.59. The lowest BCUT2D eigenvalue weighted by Gasteiger charge is -2.07. The van der Waals surface area contributed by atoms with Crippen LogP contribution in [0.1, 0.15) is 42.4 Å². The largest absolute Gasteiger partial charge is 0.373 e. The van der Waals surface area contributed by atoms with Gasteiger partial charge in [0.2, 0.25) is 11.6 Å². The maximum Gasteiger partial charge on any atom is 0.293 e. The van der Waals surface area contributed by atoms with E-state index >= 15 is 0 Å². The minimum atomic E-state index is -0.214. The number of carbonyl (C=O) groups is 1. The van der Waals surface area contributed by atoms with Gasteiger partial charge in [-0.05, 0) is 18.8 Å². The van der Waals surface area contributed by atoms with Gasteiger partial charge in [0.1, 0.15) is 6.10 Å². The summed E-state index contributed by atoms with van der Waals surface area (Å²) in [5.41, 5.74) is 0. The fourth-order valence-corrected chi connectivity index (χ4v) is 1.40. The van der Waals surface area contributed by atoms with Gasteiger partial charge in [0, 0.05) is 14.0 Å². The topological polar surface area (TPSA) is 65.2 Å². The Morgan fingerprint density at radius 3 is 2.79 bits per heavy atom. The van der Waals surface area contributed by atoms with Crippen molar-refractivity contribution in [3.05, 3.63) is 11.7 Å². The molecule has 0 aromatic carbocycles. The fourth-order valence-electron chi connectivity index (χ4n) is 1.40. The molecule has 76 valence electrons. The Bertz CT molecular complexity index is 344. The minimum absolute atomic E-state index is 0.0581. The van der Waals surface area contributed by atoms with Crippen molar-refractivity contribution in [3.8, 4) is 0 Å². The van der Waals surface area contributed by atoms with Crippen molar-refractivity contribution in [2.45, 2.75) is 25.9 Å². The van der Waals surface area contributed by atoms with E-state index < -0.39 is 0 Å². The summed E-state index contributed by atoms with van der Waals surface area (Å²) < 4.78 is 10.1. The second kappa shape index (κ2) is 3.49. The van der Waals surface area contributed by atoms with Crippen molar-refractivity contribution >= 4 is 5.78 Å². The van der Waals surface area contributed by atoms with E-state index in [9.17, 15) is 4.79 Å². The zero-order chi connectivity index (χ0) is 10.1. The van der Waals surface area contributed by atoms with Gasteiger partial charge >= 0.3 is 0 Å². The molecule has 1 aliphatic rings. The molecule has 1 aliphatic carbocycles. The highest BCUT2D eigenvalue weighted by molar-refractivity contribution is 5.89. The molecule has 0 radical (unpaired) electrons. The Morgan fingerprint density at radius 1 is 1.64 bits per heavy atom. The van der Waals surface area contributed by atoms with Crippen LogP contribution in [0.5, 0.6) is 0 Å². The van der Waals surface area contributed by atoms with E-state index in [0.717, 1.165) is 12.8 Å². The second-order valence-corrected chi connectivity index (χ2v) is 3.51. The molecule has 1 unspecified atom stereocenters. The van der Waals surface area contributed by atoms with Crippen LogP contribution < -0.4 is 0 Å². The van der Waals surface area contributed by atoms with Crippen molar-refractivity contribution in [1.29, 1.82) is 0 Å². The van der Waals surface area contributed by atoms with E-state index in [0.29, 0.717) is 11.7 Å². The van der Waals surface area contributed by atoms with Crippen molar-refractivity contribution in [2.24, 2.45) is 5.92 Å². The van der Waals surface area contributed by atoms with Crippen LogP contribution in [-0.2, 0) is 4.74 Å². The molecule has 1 saturated carbocycles. The molecule has 14 heavy (non-hydrogen) atoms. The first kappa shape index (κ1) is 9.33. The SMILES string of the molecule is COC(c1noc(C(C)=O)n1)C1CC1. The number of nitrogens with zero attached hydrogens (tertiary/aromatic N) is 2. The van der Waals surface area contributed by atoms with Crippen molar-refractivity contribution < 1.29 is 14.1 Å². The van der Waals surface area contributed by atoms with E-state index in [2.05, 4.69) is 10.1 Å². The van der Waals surface area contributed by atoms with E-state index in [1.165, 1.54) is 6.92 Å². The number of aromatic nitrogens is 2. The van der Waals surface area contributed by atoms with Crippen LogP contribution in [0.15, 0.2) is 4.52 Å². The maximum atomic E-state index is 10.9. The summed E-state index contributed by atoms with van der Waals surface area (Å²) in [6.45, 7) is 1.40. The van der Waals surface area contributed by atoms with Gasteiger partial charge in [-0.3, -0.25) is 4.79 Å². The standard InChI is InChI=1S/C9H12N2O3/c1-5(12)9-10-8(11-14-9)7(13-2)6-3-4-6/h6-7H,3-4H2,1-2H3. The van der Waals surface area contributed by atoms with Gasteiger partial charge in [-0.1, -0.05) is 5.16 Å². The summed E-state index contributed by atoms with van der Waals surface area (Å²) in [6.07, 6.45) is 2.14. The number of carbonyl (C=O) groups excluding carboxylic acids is 1. The summed E-state index contributed by atoms with van der Waals surface area (Å²) in [7, 11) is 1.62. The zero-order valence-electron chi connectivity index (χ0n) is 8.19. The number of ketones is 1. The molecule has 0 spiro atoms. The van der Waals surface area contributed by atoms with Gasteiger partial charge in [0.15, 0.2) is 0 Å². The lowest BCUT2D eigenvalue weighted by molar-refractivity contribution is 0.0751. The highest BCUT2D eigenvalue weighted by Crippen LogP contribution is 2.41. The number of hydrogen-bond donors (Lipinski definition) is 0. The quantitative estimate of drug-likeness (QED) is 0.680. The number of rotatable bonds is 4. The highest BCUT2D eigenvalue weighted by Gasteiger charge is 2.35. The van der Waals surface area contributed by atoms with E-state index in [4.69, 9.17) is 9.26 Å². The predicted molar refractivity (Wildman–Crippen MR) is 46.8 cm³/mol. The van der Waals surface area contributed by atoms with Gasteiger partial charge in [0.05, 0.1) is 0 Å². The first-order valence-electron chi connectivity index (χ1n) is 4.59. The second-order valence-electron chi connectivity index (χ2n) is 3.51. The summed E-state index contributed by atoms with van der Waals surface area (Å²) in [6, 6.07) is 0. The predicted octanol–water partition coefficient (Wildman–Crippen LogP) is 1.37. The lowest BCUT2D eigenvalue weighted by atomic mass is 10.2. The third-order valence-electron chi connectivity index (χ3n) is 2.30. The molecule has 5 heteroatoms. The summed E-state index contributed by atoms with van der Waals surface area (Å²) in [4.78, 5) is 14.9. The number of methoxy groups -OCH3 is 1. The molecule has 0 aliphatic heterocycles. The Hall–Kier alpha value is -1.23. The van der Waals surface area contributed by atoms with Crippen LogP contribution in [0.2, 0.25) is 0 Å². The number of ether oxygens (including phenoxy) is 1. The van der Waals surface area contributed by atoms with Crippen molar-refractivity contribution in [2.75, 3.05) is 7.11 Å². The van der Waals surface area contributed by atoms with Gasteiger partial charge in [-0.2, -0.15) is 4.98 Å². The zero-order valence-corrected chi connectivity index (χ0v) is 8.19. The van der Waals surface area contributed by atoms with Crippen LogP contribution in [0, 0.1) is 5.92 Å². The number of Topliss-reactive ketones (excluding diaryl/α,β-unsaturated/α-hetero) is 1. The minimum Gasteiger partial charge on any atom is -0.373 e. The van der Waals surface area contributed by atoms with E-state index in [-0.39, 0.29) is 17.8 Å². The van der Waals surface area contributed by atoms with E-state index in [1.807, 2.05) is 0 Å². The van der Waals surface area contributed by atoms with Gasteiger partial charge in [-0.25, -0.2) is 0 Å². The van der Waals surface area contributed by atoms with Crippen LogP contribution in [0.3, 0.4) is 0 Å². The Balaban J connectivity index is 2.17. The van der Waals surface area contributed by atoms with Gasteiger partial charge in [0.25, 0.3) is 5.89 Å². The maximum absolute atomic E-state index is 10.9. The third kappa shape index (κ3) is 1.68. The molecule has 2 rings (SSSR count). The molecule has 0 N–H and O–H groups in total. The molecule has 0 bridgehead atoms. The molecule has 0 saturated heterocycles. The Kier molecular flexibility index (Phi) is 2.33. The third-order valence-corrected chi connectivity index (χ3v) is 2.30. The average Bonchev–Trinajstić information content (AvgIpc) is 2.84. The average molecular weight is 196 g/mol. The summed E-state index contributed by atoms with van der Waals surface area (Å²) >= 11 is 0. The molecule has 1 aromatic rings. The molecule has 1 aromatic heterocycles. The molecular weight excluding hydrogens is 184 g/mol. The highest BCUT2D eigenvalue weighted by atomic mass is 16.5. The fraction of sp³-hybridized carbons (Fsp3) is 0.667. The molecule has 1 atom stereocenters. The molecule has 1 heterocycles. The molecule has 5 nitrogen and oxygen atoms in total. The molecule has 1 fully saturated rings. The monoisotopic (exact) mass is 196 g/mol. The van der Waals surface area contributed by atoms with Crippen molar-refractivity contribution in [1.82, 2.24) is 10.1 Å². The van der Waals surface area contributed by atoms with Gasteiger partial charge in [-0.15, -0.1) is 0 Å². The Morgan fingerprint density at radius 2 is 2.36 bits per heavy atom. The smallest absolute Gasteiger partial charge is 0.293 e. The summed E-state index contributed by atoms with van der Waals surface area (Å²) in [5, 5.41) is 3.74. The van der Waals surface area contributed by atoms with Crippen LogP contribution in [-0.4, -0.2) is 23.0 Å². The van der Waals surface area contributed by atoms with Crippen LogP contribution in [0.4, 0.5) is 0 Å². The van der Waals surface area contributed by atoms with Crippen LogP contribution >= 0.6 is 0 Å². The van der Waals surface area contributed by atoms with Crippen molar-refractivity contribution in [3.63, 3.8) is 0 Å². The lowest BCUT2D eigenvalue weighted by Crippen LogP contribution is -2.06. The number of hydrogen-bond acceptors (Lipinski definition) is 5. The first-order chi connectivity index (χ1) is 6.72. The van der Waals surface area contributed by atoms with E-state index in [1.54, 1.807) is 7.11 Å². The van der Waals surface area contributed by atoms with Crippen LogP contribution in [0.25, 0.3) is 0 Å². The molecular formula is C9H12N2O3. The normalized spacial score (nSPS) is 18.1. The summed E-state index contributed by atoms with van der Waals surface area (Å²) in [5.74, 6) is 0.815. The van der Waals surface area contributed by atoms with Gasteiger partial charge < -0.3 is 9.26 Å². The molecule has 0 amide bonds. The Labute approximate surface area is 81.4 Å².